The lowest BCUT2D eigenvalue weighted by Crippen LogP contribution is -2.31. The third-order valence-electron chi connectivity index (χ3n) is 2.05. The van der Waals surface area contributed by atoms with Crippen LogP contribution in [0.3, 0.4) is 0 Å². The van der Waals surface area contributed by atoms with Gasteiger partial charge in [0.25, 0.3) is 0 Å². The van der Waals surface area contributed by atoms with Gasteiger partial charge in [0.15, 0.2) is 0 Å². The van der Waals surface area contributed by atoms with Crippen molar-refractivity contribution in [3.05, 3.63) is 30.1 Å². The third-order valence-corrected chi connectivity index (χ3v) is 2.05. The van der Waals surface area contributed by atoms with Gasteiger partial charge in [0.2, 0.25) is 0 Å². The average molecular weight is 180 g/mol. The summed E-state index contributed by atoms with van der Waals surface area (Å²) in [7, 11) is 0. The number of nitrogens with one attached hydrogen (secondary N) is 1. The van der Waals surface area contributed by atoms with Crippen LogP contribution in [0.4, 0.5) is 0 Å². The Labute approximate surface area is 78.8 Å². The third kappa shape index (κ3) is 2.79. The van der Waals surface area contributed by atoms with Crippen LogP contribution in [0.2, 0.25) is 0 Å². The Balaban J connectivity index is 2.62. The first-order valence-corrected chi connectivity index (χ1v) is 4.57. The van der Waals surface area contributed by atoms with Crippen LogP contribution >= 0.6 is 0 Å². The molecule has 13 heavy (non-hydrogen) atoms. The number of aromatic nitrogens is 1. The molecule has 3 nitrogen and oxygen atoms in total. The van der Waals surface area contributed by atoms with E-state index in [0.717, 1.165) is 12.1 Å². The number of likely N-dealkylation sites (N-methyl/N-ethyl adjacent to an activating group) is 1. The first kappa shape index (κ1) is 10.2. The van der Waals surface area contributed by atoms with E-state index in [1.54, 1.807) is 12.4 Å². The number of aliphatic hydroxyl groups excluding tert-OH is 1. The lowest BCUT2D eigenvalue weighted by atomic mass is 10.1. The van der Waals surface area contributed by atoms with Gasteiger partial charge in [-0.1, -0.05) is 6.92 Å². The fourth-order valence-corrected chi connectivity index (χ4v) is 1.28. The minimum atomic E-state index is -0.456. The predicted molar refractivity (Wildman–Crippen MR) is 52.3 cm³/mol. The highest BCUT2D eigenvalue weighted by Gasteiger charge is 2.14. The quantitative estimate of drug-likeness (QED) is 0.729. The molecule has 0 aliphatic carbocycles. The maximum atomic E-state index is 9.83. The van der Waals surface area contributed by atoms with E-state index in [1.807, 2.05) is 26.0 Å². The highest BCUT2D eigenvalue weighted by Crippen LogP contribution is 2.14. The zero-order valence-corrected chi connectivity index (χ0v) is 8.07. The molecule has 0 bridgehead atoms. The second-order valence-corrected chi connectivity index (χ2v) is 3.07. The van der Waals surface area contributed by atoms with Crippen molar-refractivity contribution in [2.24, 2.45) is 0 Å². The van der Waals surface area contributed by atoms with E-state index in [0.29, 0.717) is 0 Å². The van der Waals surface area contributed by atoms with Crippen molar-refractivity contribution in [2.75, 3.05) is 6.54 Å². The van der Waals surface area contributed by atoms with E-state index in [1.165, 1.54) is 0 Å². The van der Waals surface area contributed by atoms with E-state index in [4.69, 9.17) is 0 Å². The Hall–Kier alpha value is -0.930. The van der Waals surface area contributed by atoms with Gasteiger partial charge in [0.05, 0.1) is 6.10 Å². The molecule has 0 aliphatic rings. The maximum Gasteiger partial charge on any atom is 0.0941 e. The van der Waals surface area contributed by atoms with Gasteiger partial charge >= 0.3 is 0 Å². The summed E-state index contributed by atoms with van der Waals surface area (Å²) in [6.45, 7) is 4.85. The fourth-order valence-electron chi connectivity index (χ4n) is 1.28. The van der Waals surface area contributed by atoms with E-state index in [2.05, 4.69) is 10.3 Å². The number of nitrogens with zero attached hydrogens (tertiary/aromatic N) is 1. The van der Waals surface area contributed by atoms with E-state index < -0.39 is 6.10 Å². The van der Waals surface area contributed by atoms with Crippen molar-refractivity contribution in [3.8, 4) is 0 Å². The Bertz CT molecular complexity index is 238. The summed E-state index contributed by atoms with van der Waals surface area (Å²) in [5, 5.41) is 13.0. The standard InChI is InChI=1S/C10H16N2O/c1-3-12-8(2)10(13)9-4-6-11-7-5-9/h4-8,10,12-13H,3H2,1-2H3. The van der Waals surface area contributed by atoms with Crippen LogP contribution in [0, 0.1) is 0 Å². The fraction of sp³-hybridized carbons (Fsp3) is 0.500. The first-order chi connectivity index (χ1) is 6.25. The number of pyridine rings is 1. The predicted octanol–water partition coefficient (Wildman–Crippen LogP) is 1.11. The molecule has 0 amide bonds. The molecule has 2 unspecified atom stereocenters. The summed E-state index contributed by atoms with van der Waals surface area (Å²) in [4.78, 5) is 3.90. The monoisotopic (exact) mass is 180 g/mol. The van der Waals surface area contributed by atoms with Crippen LogP contribution in [-0.4, -0.2) is 22.7 Å². The zero-order valence-electron chi connectivity index (χ0n) is 8.07. The Morgan fingerprint density at radius 1 is 1.46 bits per heavy atom. The van der Waals surface area contributed by atoms with Crippen molar-refractivity contribution in [1.82, 2.24) is 10.3 Å². The van der Waals surface area contributed by atoms with Gasteiger partial charge in [-0.3, -0.25) is 4.98 Å². The summed E-state index contributed by atoms with van der Waals surface area (Å²) in [5.41, 5.74) is 0.906. The maximum absolute atomic E-state index is 9.83. The second kappa shape index (κ2) is 4.94. The summed E-state index contributed by atoms with van der Waals surface area (Å²) >= 11 is 0. The molecule has 3 heteroatoms. The number of aliphatic hydroxyl groups is 1. The van der Waals surface area contributed by atoms with Gasteiger partial charge in [-0.2, -0.15) is 0 Å². The van der Waals surface area contributed by atoms with Crippen LogP contribution in [0.15, 0.2) is 24.5 Å². The van der Waals surface area contributed by atoms with Crippen molar-refractivity contribution in [3.63, 3.8) is 0 Å². The number of hydrogen-bond donors (Lipinski definition) is 2. The molecular weight excluding hydrogens is 164 g/mol. The molecule has 1 heterocycles. The van der Waals surface area contributed by atoms with Gasteiger partial charge in [-0.05, 0) is 31.2 Å². The molecule has 0 saturated carbocycles. The lowest BCUT2D eigenvalue weighted by molar-refractivity contribution is 0.137. The van der Waals surface area contributed by atoms with E-state index >= 15 is 0 Å². The molecule has 0 fully saturated rings. The van der Waals surface area contributed by atoms with Gasteiger partial charge in [-0.25, -0.2) is 0 Å². The van der Waals surface area contributed by atoms with Crippen LogP contribution in [0.1, 0.15) is 25.5 Å². The molecule has 1 rings (SSSR count). The Morgan fingerprint density at radius 3 is 2.62 bits per heavy atom. The number of rotatable bonds is 4. The topological polar surface area (TPSA) is 45.1 Å². The highest BCUT2D eigenvalue weighted by atomic mass is 16.3. The summed E-state index contributed by atoms with van der Waals surface area (Å²) in [6.07, 6.45) is 2.93. The molecule has 0 radical (unpaired) electrons. The molecule has 1 aromatic heterocycles. The first-order valence-electron chi connectivity index (χ1n) is 4.57. The van der Waals surface area contributed by atoms with Crippen molar-refractivity contribution in [2.45, 2.75) is 26.0 Å². The Morgan fingerprint density at radius 2 is 2.08 bits per heavy atom. The molecule has 1 aromatic rings. The highest BCUT2D eigenvalue weighted by molar-refractivity contribution is 5.14. The van der Waals surface area contributed by atoms with E-state index in [-0.39, 0.29) is 6.04 Å². The molecular formula is C10H16N2O. The summed E-state index contributed by atoms with van der Waals surface area (Å²) < 4.78 is 0. The molecule has 72 valence electrons. The van der Waals surface area contributed by atoms with Gasteiger partial charge < -0.3 is 10.4 Å². The van der Waals surface area contributed by atoms with Crippen molar-refractivity contribution >= 4 is 0 Å². The molecule has 0 aromatic carbocycles. The minimum Gasteiger partial charge on any atom is -0.387 e. The summed E-state index contributed by atoms with van der Waals surface area (Å²) in [5.74, 6) is 0. The second-order valence-electron chi connectivity index (χ2n) is 3.07. The van der Waals surface area contributed by atoms with Gasteiger partial charge in [0, 0.05) is 18.4 Å². The molecule has 2 atom stereocenters. The van der Waals surface area contributed by atoms with Crippen LogP contribution in [0.5, 0.6) is 0 Å². The van der Waals surface area contributed by atoms with Crippen molar-refractivity contribution in [1.29, 1.82) is 0 Å². The lowest BCUT2D eigenvalue weighted by Gasteiger charge is -2.19. The van der Waals surface area contributed by atoms with Gasteiger partial charge in [-0.15, -0.1) is 0 Å². The molecule has 2 N–H and O–H groups in total. The van der Waals surface area contributed by atoms with Crippen LogP contribution in [0.25, 0.3) is 0 Å². The van der Waals surface area contributed by atoms with E-state index in [9.17, 15) is 5.11 Å². The molecule has 0 aliphatic heterocycles. The normalized spacial score (nSPS) is 15.3. The van der Waals surface area contributed by atoms with Crippen LogP contribution in [-0.2, 0) is 0 Å². The van der Waals surface area contributed by atoms with Crippen molar-refractivity contribution < 1.29 is 5.11 Å². The zero-order chi connectivity index (χ0) is 9.68. The SMILES string of the molecule is CCNC(C)C(O)c1ccncc1. The largest absolute Gasteiger partial charge is 0.387 e. The number of hydrogen-bond acceptors (Lipinski definition) is 3. The minimum absolute atomic E-state index is 0.0763. The van der Waals surface area contributed by atoms with Gasteiger partial charge in [0.1, 0.15) is 0 Å². The van der Waals surface area contributed by atoms with Crippen LogP contribution < -0.4 is 5.32 Å². The summed E-state index contributed by atoms with van der Waals surface area (Å²) in [6, 6.07) is 3.74. The molecule has 0 spiro atoms. The Kier molecular flexibility index (Phi) is 3.86. The molecule has 0 saturated heterocycles. The smallest absolute Gasteiger partial charge is 0.0941 e. The average Bonchev–Trinajstić information content (AvgIpc) is 2.18.